The van der Waals surface area contributed by atoms with Gasteiger partial charge in [-0.15, -0.1) is 0 Å². The van der Waals surface area contributed by atoms with E-state index in [1.165, 1.54) is 18.2 Å². The van der Waals surface area contributed by atoms with Gasteiger partial charge in [-0.25, -0.2) is 0 Å². The Bertz CT molecular complexity index is 674. The van der Waals surface area contributed by atoms with Crippen molar-refractivity contribution in [3.63, 3.8) is 0 Å². The fourth-order valence-electron chi connectivity index (χ4n) is 2.00. The van der Waals surface area contributed by atoms with Crippen LogP contribution in [0.4, 0.5) is 11.4 Å². The first kappa shape index (κ1) is 14.8. The Balaban J connectivity index is 2.32. The van der Waals surface area contributed by atoms with Gasteiger partial charge in [-0.1, -0.05) is 6.92 Å². The molecule has 6 heteroatoms. The highest BCUT2D eigenvalue weighted by atomic mass is 16.6. The van der Waals surface area contributed by atoms with E-state index in [-0.39, 0.29) is 11.1 Å². The van der Waals surface area contributed by atoms with E-state index in [0.717, 1.165) is 24.2 Å². The van der Waals surface area contributed by atoms with E-state index in [0.29, 0.717) is 6.54 Å². The van der Waals surface area contributed by atoms with Gasteiger partial charge in [-0.3, -0.25) is 14.9 Å². The summed E-state index contributed by atoms with van der Waals surface area (Å²) in [6, 6.07) is 7.72. The van der Waals surface area contributed by atoms with Crippen LogP contribution in [0.5, 0.6) is 0 Å². The molecule has 0 atom stereocenters. The second kappa shape index (κ2) is 6.69. The van der Waals surface area contributed by atoms with E-state index in [4.69, 9.17) is 0 Å². The molecule has 21 heavy (non-hydrogen) atoms. The summed E-state index contributed by atoms with van der Waals surface area (Å²) in [6.45, 7) is 3.32. The summed E-state index contributed by atoms with van der Waals surface area (Å²) in [6.07, 6.45) is 4.31. The van der Waals surface area contributed by atoms with Gasteiger partial charge in [0, 0.05) is 61.0 Å². The molecule has 110 valence electrons. The van der Waals surface area contributed by atoms with Crippen molar-refractivity contribution in [2.45, 2.75) is 19.9 Å². The minimum absolute atomic E-state index is 0.0605. The summed E-state index contributed by atoms with van der Waals surface area (Å²) >= 11 is 0. The Hall–Kier alpha value is -2.63. The monoisotopic (exact) mass is 287 g/mol. The molecule has 1 heterocycles. The average molecular weight is 287 g/mol. The lowest BCUT2D eigenvalue weighted by Gasteiger charge is -2.13. The third-order valence-corrected chi connectivity index (χ3v) is 3.08. The average Bonchev–Trinajstić information content (AvgIpc) is 2.48. The van der Waals surface area contributed by atoms with Crippen LogP contribution in [0.15, 0.2) is 47.5 Å². The number of rotatable bonds is 6. The van der Waals surface area contributed by atoms with E-state index in [9.17, 15) is 14.9 Å². The Morgan fingerprint density at radius 3 is 2.57 bits per heavy atom. The van der Waals surface area contributed by atoms with Gasteiger partial charge in [0.15, 0.2) is 5.43 Å². The summed E-state index contributed by atoms with van der Waals surface area (Å²) in [5.74, 6) is 0. The molecule has 0 spiro atoms. The maximum atomic E-state index is 11.1. The molecule has 0 saturated carbocycles. The largest absolute Gasteiger partial charge is 0.385 e. The van der Waals surface area contributed by atoms with Crippen molar-refractivity contribution in [3.05, 3.63) is 68.6 Å². The number of nitro benzene ring substituents is 1. The molecule has 0 bridgehead atoms. The molecular weight excluding hydrogens is 270 g/mol. The maximum Gasteiger partial charge on any atom is 0.269 e. The molecule has 0 saturated heterocycles. The molecule has 0 aliphatic heterocycles. The number of non-ortho nitro benzene ring substituents is 1. The predicted molar refractivity (Wildman–Crippen MR) is 81.7 cm³/mol. The third-order valence-electron chi connectivity index (χ3n) is 3.08. The Kier molecular flexibility index (Phi) is 4.71. The van der Waals surface area contributed by atoms with Gasteiger partial charge in [0.2, 0.25) is 0 Å². The normalized spacial score (nSPS) is 10.3. The second-order valence-electron chi connectivity index (χ2n) is 4.73. The van der Waals surface area contributed by atoms with E-state index in [1.54, 1.807) is 24.5 Å². The second-order valence-corrected chi connectivity index (χ2v) is 4.73. The predicted octanol–water partition coefficient (Wildman–Crippen LogP) is 2.63. The lowest BCUT2D eigenvalue weighted by molar-refractivity contribution is -0.384. The molecule has 0 amide bonds. The highest BCUT2D eigenvalue weighted by Gasteiger charge is 2.10. The molecule has 2 aromatic rings. The molecule has 0 aliphatic carbocycles. The van der Waals surface area contributed by atoms with Crippen LogP contribution in [0, 0.1) is 10.1 Å². The van der Waals surface area contributed by atoms with Gasteiger partial charge in [0.1, 0.15) is 0 Å². The number of nitro groups is 1. The fraction of sp³-hybridized carbons (Fsp3) is 0.267. The number of hydrogen-bond acceptors (Lipinski definition) is 4. The van der Waals surface area contributed by atoms with Crippen molar-refractivity contribution in [1.82, 2.24) is 4.57 Å². The zero-order chi connectivity index (χ0) is 15.2. The van der Waals surface area contributed by atoms with E-state index >= 15 is 0 Å². The van der Waals surface area contributed by atoms with E-state index in [2.05, 4.69) is 12.2 Å². The Morgan fingerprint density at radius 2 is 1.95 bits per heavy atom. The van der Waals surface area contributed by atoms with Crippen LogP contribution in [0.3, 0.4) is 0 Å². The van der Waals surface area contributed by atoms with Crippen LogP contribution in [-0.4, -0.2) is 16.0 Å². The molecule has 1 N–H and O–H groups in total. The SMILES string of the molecule is CCCNc1ccc([N+](=O)[O-])cc1Cn1ccc(=O)cc1. The molecule has 0 unspecified atom stereocenters. The lowest BCUT2D eigenvalue weighted by Crippen LogP contribution is -2.09. The molecule has 0 radical (unpaired) electrons. The van der Waals surface area contributed by atoms with Crippen molar-refractivity contribution >= 4 is 11.4 Å². The smallest absolute Gasteiger partial charge is 0.269 e. The Labute approximate surface area is 122 Å². The minimum Gasteiger partial charge on any atom is -0.385 e. The first-order valence-corrected chi connectivity index (χ1v) is 6.77. The van der Waals surface area contributed by atoms with Crippen molar-refractivity contribution in [1.29, 1.82) is 0 Å². The summed E-state index contributed by atoms with van der Waals surface area (Å²) in [5, 5.41) is 14.2. The van der Waals surface area contributed by atoms with Crippen molar-refractivity contribution in [2.75, 3.05) is 11.9 Å². The zero-order valence-electron chi connectivity index (χ0n) is 11.8. The van der Waals surface area contributed by atoms with Gasteiger partial charge >= 0.3 is 0 Å². The third kappa shape index (κ3) is 3.92. The van der Waals surface area contributed by atoms with Crippen LogP contribution in [-0.2, 0) is 6.54 Å². The zero-order valence-corrected chi connectivity index (χ0v) is 11.8. The molecule has 1 aromatic heterocycles. The highest BCUT2D eigenvalue weighted by Crippen LogP contribution is 2.23. The van der Waals surface area contributed by atoms with Crippen LogP contribution >= 0.6 is 0 Å². The van der Waals surface area contributed by atoms with Gasteiger partial charge < -0.3 is 9.88 Å². The number of benzene rings is 1. The topological polar surface area (TPSA) is 77.2 Å². The number of nitrogens with one attached hydrogen (secondary N) is 1. The number of nitrogens with zero attached hydrogens (tertiary/aromatic N) is 2. The molecular formula is C15H17N3O3. The number of hydrogen-bond donors (Lipinski definition) is 1. The number of anilines is 1. The molecule has 1 aromatic carbocycles. The van der Waals surface area contributed by atoms with E-state index < -0.39 is 4.92 Å². The first-order chi connectivity index (χ1) is 10.1. The molecule has 2 rings (SSSR count). The quantitative estimate of drug-likeness (QED) is 0.654. The van der Waals surface area contributed by atoms with Crippen LogP contribution in [0.25, 0.3) is 0 Å². The summed E-state index contributed by atoms with van der Waals surface area (Å²) < 4.78 is 1.82. The molecule has 6 nitrogen and oxygen atoms in total. The van der Waals surface area contributed by atoms with Gasteiger partial charge in [0.25, 0.3) is 5.69 Å². The van der Waals surface area contributed by atoms with Gasteiger partial charge in [-0.2, -0.15) is 0 Å². The fourth-order valence-corrected chi connectivity index (χ4v) is 2.00. The summed E-state index contributed by atoms with van der Waals surface area (Å²) in [7, 11) is 0. The van der Waals surface area contributed by atoms with Crippen LogP contribution in [0.1, 0.15) is 18.9 Å². The summed E-state index contributed by atoms with van der Waals surface area (Å²) in [5.41, 5.74) is 1.70. The van der Waals surface area contributed by atoms with Crippen LogP contribution in [0.2, 0.25) is 0 Å². The number of aromatic nitrogens is 1. The maximum absolute atomic E-state index is 11.1. The van der Waals surface area contributed by atoms with Crippen LogP contribution < -0.4 is 10.7 Å². The summed E-state index contributed by atoms with van der Waals surface area (Å²) in [4.78, 5) is 21.6. The standard InChI is InChI=1S/C15H17N3O3/c1-2-7-16-15-4-3-13(18(20)21)10-12(15)11-17-8-5-14(19)6-9-17/h3-6,8-10,16H,2,7,11H2,1H3. The lowest BCUT2D eigenvalue weighted by atomic mass is 10.1. The Morgan fingerprint density at radius 1 is 1.24 bits per heavy atom. The van der Waals surface area contributed by atoms with E-state index in [1.807, 2.05) is 4.57 Å². The minimum atomic E-state index is -0.404. The molecule has 0 fully saturated rings. The first-order valence-electron chi connectivity index (χ1n) is 6.77. The molecule has 0 aliphatic rings. The van der Waals surface area contributed by atoms with Gasteiger partial charge in [-0.05, 0) is 12.5 Å². The van der Waals surface area contributed by atoms with Crippen molar-refractivity contribution < 1.29 is 4.92 Å². The number of pyridine rings is 1. The van der Waals surface area contributed by atoms with Gasteiger partial charge in [0.05, 0.1) is 4.92 Å². The van der Waals surface area contributed by atoms with Crippen molar-refractivity contribution in [2.24, 2.45) is 0 Å². The highest BCUT2D eigenvalue weighted by molar-refractivity contribution is 5.56. The van der Waals surface area contributed by atoms with Crippen molar-refractivity contribution in [3.8, 4) is 0 Å².